The third-order valence-corrected chi connectivity index (χ3v) is 5.66. The van der Waals surface area contributed by atoms with Crippen molar-refractivity contribution in [1.29, 1.82) is 0 Å². The lowest BCUT2D eigenvalue weighted by Gasteiger charge is -2.09. The highest BCUT2D eigenvalue weighted by molar-refractivity contribution is 8.18. The van der Waals surface area contributed by atoms with Gasteiger partial charge in [-0.25, -0.2) is 4.99 Å². The van der Waals surface area contributed by atoms with Crippen LogP contribution in [-0.4, -0.2) is 11.1 Å². The van der Waals surface area contributed by atoms with Crippen molar-refractivity contribution in [2.24, 2.45) is 4.99 Å². The van der Waals surface area contributed by atoms with Crippen molar-refractivity contribution in [3.05, 3.63) is 100.0 Å². The fourth-order valence-electron chi connectivity index (χ4n) is 3.17. The third-order valence-electron chi connectivity index (χ3n) is 4.75. The van der Waals surface area contributed by atoms with E-state index in [9.17, 15) is 4.79 Å². The molecule has 30 heavy (non-hydrogen) atoms. The molecule has 4 rings (SSSR count). The summed E-state index contributed by atoms with van der Waals surface area (Å²) >= 11 is 1.34. The maximum absolute atomic E-state index is 12.5. The molecule has 1 amide bonds. The lowest BCUT2D eigenvalue weighted by atomic mass is 10.1. The summed E-state index contributed by atoms with van der Waals surface area (Å²) in [6, 6.07) is 23.8. The number of rotatable bonds is 5. The first-order chi connectivity index (χ1) is 14.6. The molecule has 0 aliphatic carbocycles. The third kappa shape index (κ3) is 4.63. The standard InChI is InChI=1S/C25H22N2O2S/c1-17-9-8-10-18(2)23(17)26-25-27-24(28)22(30-25)15-20-13-6-7-14-21(20)29-16-19-11-4-3-5-12-19/h3-15H,16H2,1-2H3,(H,26,27,28)/b22-15+. The molecular formula is C25H22N2O2S. The van der Waals surface area contributed by atoms with Crippen LogP contribution in [0, 0.1) is 13.8 Å². The number of aryl methyl sites for hydroxylation is 2. The Morgan fingerprint density at radius 3 is 2.40 bits per heavy atom. The summed E-state index contributed by atoms with van der Waals surface area (Å²) in [5.74, 6) is 0.588. The molecule has 3 aromatic rings. The Balaban J connectivity index is 1.55. The van der Waals surface area contributed by atoms with Gasteiger partial charge in [0.15, 0.2) is 5.17 Å². The molecule has 3 aromatic carbocycles. The van der Waals surface area contributed by atoms with Crippen molar-refractivity contribution in [2.45, 2.75) is 20.5 Å². The normalized spacial score (nSPS) is 16.1. The number of hydrogen-bond acceptors (Lipinski definition) is 4. The van der Waals surface area contributed by atoms with E-state index in [0.717, 1.165) is 33.7 Å². The van der Waals surface area contributed by atoms with E-state index in [2.05, 4.69) is 10.3 Å². The zero-order chi connectivity index (χ0) is 20.9. The summed E-state index contributed by atoms with van der Waals surface area (Å²) in [5.41, 5.74) is 5.01. The average molecular weight is 415 g/mol. The Bertz CT molecular complexity index is 1120. The molecule has 0 unspecified atom stereocenters. The first kappa shape index (κ1) is 20.0. The van der Waals surface area contributed by atoms with Gasteiger partial charge in [0.25, 0.3) is 5.91 Å². The van der Waals surface area contributed by atoms with Gasteiger partial charge >= 0.3 is 0 Å². The molecule has 0 spiro atoms. The van der Waals surface area contributed by atoms with Crippen molar-refractivity contribution in [1.82, 2.24) is 5.32 Å². The van der Waals surface area contributed by atoms with Crippen LogP contribution in [0.25, 0.3) is 6.08 Å². The SMILES string of the molecule is Cc1cccc(C)c1N=C1NC(=O)/C(=C\c2ccccc2OCc2ccccc2)S1. The number of benzene rings is 3. The van der Waals surface area contributed by atoms with E-state index in [0.29, 0.717) is 16.7 Å². The number of nitrogens with one attached hydrogen (secondary N) is 1. The van der Waals surface area contributed by atoms with E-state index in [4.69, 9.17) is 4.74 Å². The van der Waals surface area contributed by atoms with E-state index >= 15 is 0 Å². The van der Waals surface area contributed by atoms with Crippen molar-refractivity contribution >= 4 is 34.6 Å². The van der Waals surface area contributed by atoms with Crippen LogP contribution in [0.3, 0.4) is 0 Å². The number of para-hydroxylation sites is 2. The molecule has 1 saturated heterocycles. The highest BCUT2D eigenvalue weighted by Crippen LogP contribution is 2.32. The smallest absolute Gasteiger partial charge is 0.264 e. The monoisotopic (exact) mass is 414 g/mol. The molecule has 1 N–H and O–H groups in total. The summed E-state index contributed by atoms with van der Waals surface area (Å²) in [6.45, 7) is 4.51. The van der Waals surface area contributed by atoms with E-state index in [1.54, 1.807) is 0 Å². The van der Waals surface area contributed by atoms with Crippen LogP contribution in [0.4, 0.5) is 5.69 Å². The van der Waals surface area contributed by atoms with Crippen molar-refractivity contribution in [3.63, 3.8) is 0 Å². The molecule has 1 aliphatic heterocycles. The maximum Gasteiger partial charge on any atom is 0.264 e. The van der Waals surface area contributed by atoms with Gasteiger partial charge in [0.1, 0.15) is 12.4 Å². The Morgan fingerprint density at radius 2 is 1.63 bits per heavy atom. The molecule has 0 atom stereocenters. The van der Waals surface area contributed by atoms with Gasteiger partial charge in [-0.15, -0.1) is 0 Å². The van der Waals surface area contributed by atoms with Crippen molar-refractivity contribution in [3.8, 4) is 5.75 Å². The predicted octanol–water partition coefficient (Wildman–Crippen LogP) is 5.77. The van der Waals surface area contributed by atoms with E-state index in [1.165, 1.54) is 11.8 Å². The summed E-state index contributed by atoms with van der Waals surface area (Å²) in [5, 5.41) is 3.46. The minimum Gasteiger partial charge on any atom is -0.488 e. The topological polar surface area (TPSA) is 50.7 Å². The largest absolute Gasteiger partial charge is 0.488 e. The van der Waals surface area contributed by atoms with Crippen LogP contribution in [0.2, 0.25) is 0 Å². The number of hydrogen-bond donors (Lipinski definition) is 1. The molecule has 4 nitrogen and oxygen atoms in total. The number of amides is 1. The number of ether oxygens (including phenoxy) is 1. The molecule has 0 radical (unpaired) electrons. The molecule has 1 aliphatic rings. The number of carbonyl (C=O) groups excluding carboxylic acids is 1. The van der Waals surface area contributed by atoms with Crippen LogP contribution in [0.15, 0.2) is 82.7 Å². The summed E-state index contributed by atoms with van der Waals surface area (Å²) < 4.78 is 6.01. The minimum atomic E-state index is -0.150. The zero-order valence-electron chi connectivity index (χ0n) is 16.9. The second-order valence-corrected chi connectivity index (χ2v) is 8.06. The molecule has 0 saturated carbocycles. The number of thioether (sulfide) groups is 1. The summed E-state index contributed by atoms with van der Waals surface area (Å²) in [4.78, 5) is 17.8. The quantitative estimate of drug-likeness (QED) is 0.539. The molecule has 5 heteroatoms. The van der Waals surface area contributed by atoms with Gasteiger partial charge in [-0.2, -0.15) is 0 Å². The minimum absolute atomic E-state index is 0.150. The van der Waals surface area contributed by atoms with Gasteiger partial charge in [0.2, 0.25) is 0 Å². The molecular weight excluding hydrogens is 392 g/mol. The number of carbonyl (C=O) groups is 1. The van der Waals surface area contributed by atoms with Crippen LogP contribution in [-0.2, 0) is 11.4 Å². The lowest BCUT2D eigenvalue weighted by molar-refractivity contribution is -0.115. The van der Waals surface area contributed by atoms with Crippen molar-refractivity contribution in [2.75, 3.05) is 0 Å². The number of amidine groups is 1. The zero-order valence-corrected chi connectivity index (χ0v) is 17.7. The van der Waals surface area contributed by atoms with E-state index in [1.807, 2.05) is 92.7 Å². The Morgan fingerprint density at radius 1 is 0.933 bits per heavy atom. The average Bonchev–Trinajstić information content (AvgIpc) is 3.10. The number of nitrogens with zero attached hydrogens (tertiary/aromatic N) is 1. The number of aliphatic imine (C=N–C) groups is 1. The van der Waals surface area contributed by atoms with Crippen molar-refractivity contribution < 1.29 is 9.53 Å². The fraction of sp³-hybridized carbons (Fsp3) is 0.120. The summed E-state index contributed by atoms with van der Waals surface area (Å²) in [6.07, 6.45) is 1.85. The fourth-order valence-corrected chi connectivity index (χ4v) is 3.99. The Kier molecular flexibility index (Phi) is 6.00. The first-order valence-electron chi connectivity index (χ1n) is 9.72. The second-order valence-electron chi connectivity index (χ2n) is 7.03. The predicted molar refractivity (Wildman–Crippen MR) is 124 cm³/mol. The highest BCUT2D eigenvalue weighted by Gasteiger charge is 2.24. The van der Waals surface area contributed by atoms with E-state index in [-0.39, 0.29) is 5.91 Å². The lowest BCUT2D eigenvalue weighted by Crippen LogP contribution is -2.19. The van der Waals surface area contributed by atoms with Gasteiger partial charge in [-0.05, 0) is 54.4 Å². The molecule has 1 heterocycles. The van der Waals surface area contributed by atoms with Gasteiger partial charge in [0.05, 0.1) is 10.6 Å². The second kappa shape index (κ2) is 9.01. The highest BCUT2D eigenvalue weighted by atomic mass is 32.2. The molecule has 1 fully saturated rings. The van der Waals surface area contributed by atoms with Crippen LogP contribution >= 0.6 is 11.8 Å². The Hall–Kier alpha value is -3.31. The Labute approximate surface area is 180 Å². The summed E-state index contributed by atoms with van der Waals surface area (Å²) in [7, 11) is 0. The molecule has 150 valence electrons. The molecule has 0 bridgehead atoms. The van der Waals surface area contributed by atoms with Gasteiger partial charge in [-0.3, -0.25) is 4.79 Å². The van der Waals surface area contributed by atoms with Crippen LogP contribution < -0.4 is 10.1 Å². The maximum atomic E-state index is 12.5. The van der Waals surface area contributed by atoms with Gasteiger partial charge < -0.3 is 10.1 Å². The van der Waals surface area contributed by atoms with Gasteiger partial charge in [-0.1, -0.05) is 66.7 Å². The molecule has 0 aromatic heterocycles. The first-order valence-corrected chi connectivity index (χ1v) is 10.5. The van der Waals surface area contributed by atoms with Crippen LogP contribution in [0.1, 0.15) is 22.3 Å². The van der Waals surface area contributed by atoms with Crippen LogP contribution in [0.5, 0.6) is 5.75 Å². The van der Waals surface area contributed by atoms with Gasteiger partial charge in [0, 0.05) is 5.56 Å². The van der Waals surface area contributed by atoms with E-state index < -0.39 is 0 Å².